The highest BCUT2D eigenvalue weighted by atomic mass is 35.5. The molecule has 1 aliphatic carbocycles. The van der Waals surface area contributed by atoms with Gasteiger partial charge in [0.15, 0.2) is 0 Å². The average Bonchev–Trinajstić information content (AvgIpc) is 2.92. The highest BCUT2D eigenvalue weighted by Gasteiger charge is 2.26. The van der Waals surface area contributed by atoms with Crippen LogP contribution >= 0.6 is 23.2 Å². The molecule has 1 aliphatic rings. The number of rotatable bonds is 4. The molecule has 2 N–H and O–H groups in total. The van der Waals surface area contributed by atoms with Crippen LogP contribution in [0.2, 0.25) is 10.0 Å². The highest BCUT2D eigenvalue weighted by molar-refractivity contribution is 6.36. The summed E-state index contributed by atoms with van der Waals surface area (Å²) in [5, 5.41) is 14.0. The summed E-state index contributed by atoms with van der Waals surface area (Å²) >= 11 is 12.1. The van der Waals surface area contributed by atoms with Crippen LogP contribution in [-0.2, 0) is 4.79 Å². The zero-order chi connectivity index (χ0) is 14.7. The van der Waals surface area contributed by atoms with E-state index in [9.17, 15) is 9.90 Å². The van der Waals surface area contributed by atoms with E-state index in [4.69, 9.17) is 23.2 Å². The van der Waals surface area contributed by atoms with Crippen LogP contribution in [0.5, 0.6) is 0 Å². The van der Waals surface area contributed by atoms with Gasteiger partial charge in [-0.2, -0.15) is 0 Å². The van der Waals surface area contributed by atoms with E-state index in [0.29, 0.717) is 15.6 Å². The standard InChI is InChI=1S/C15H17Cl2NO2/c1-9(18-15(20)10-5-2-3-6-10)14(19)13-11(16)7-4-8-12(13)17/h2-4,7-10,14,19H,5-6H2,1H3,(H,18,20)/t9-,14-/m1/s1. The van der Waals surface area contributed by atoms with Gasteiger partial charge < -0.3 is 10.4 Å². The molecule has 0 aromatic heterocycles. The van der Waals surface area contributed by atoms with Gasteiger partial charge in [0.05, 0.1) is 6.04 Å². The number of aliphatic hydroxyl groups is 1. The van der Waals surface area contributed by atoms with Gasteiger partial charge in [-0.05, 0) is 31.9 Å². The lowest BCUT2D eigenvalue weighted by atomic mass is 10.0. The van der Waals surface area contributed by atoms with Gasteiger partial charge in [0.1, 0.15) is 6.10 Å². The lowest BCUT2D eigenvalue weighted by Gasteiger charge is -2.23. The first-order valence-corrected chi connectivity index (χ1v) is 7.33. The maximum atomic E-state index is 12.0. The van der Waals surface area contributed by atoms with Crippen molar-refractivity contribution in [3.63, 3.8) is 0 Å². The molecule has 0 bridgehead atoms. The van der Waals surface area contributed by atoms with Gasteiger partial charge in [-0.15, -0.1) is 0 Å². The molecule has 1 aromatic rings. The number of halogens is 2. The zero-order valence-corrected chi connectivity index (χ0v) is 12.7. The van der Waals surface area contributed by atoms with Gasteiger partial charge in [0.25, 0.3) is 0 Å². The number of amides is 1. The van der Waals surface area contributed by atoms with Crippen molar-refractivity contribution in [2.75, 3.05) is 0 Å². The van der Waals surface area contributed by atoms with E-state index in [1.165, 1.54) is 0 Å². The molecule has 0 saturated heterocycles. The minimum atomic E-state index is -0.936. The fourth-order valence-electron chi connectivity index (χ4n) is 2.30. The van der Waals surface area contributed by atoms with Crippen LogP contribution < -0.4 is 5.32 Å². The van der Waals surface area contributed by atoms with Crippen LogP contribution in [0.3, 0.4) is 0 Å². The van der Waals surface area contributed by atoms with E-state index in [-0.39, 0.29) is 11.8 Å². The molecule has 0 radical (unpaired) electrons. The highest BCUT2D eigenvalue weighted by Crippen LogP contribution is 2.32. The molecule has 2 atom stereocenters. The second kappa shape index (κ2) is 6.61. The summed E-state index contributed by atoms with van der Waals surface area (Å²) < 4.78 is 0. The number of hydrogen-bond donors (Lipinski definition) is 2. The predicted octanol–water partition coefficient (Wildman–Crippen LogP) is 3.50. The largest absolute Gasteiger partial charge is 0.386 e. The minimum absolute atomic E-state index is 0.0358. The van der Waals surface area contributed by atoms with E-state index in [2.05, 4.69) is 5.32 Å². The van der Waals surface area contributed by atoms with Crippen LogP contribution in [0.15, 0.2) is 30.4 Å². The van der Waals surface area contributed by atoms with E-state index < -0.39 is 12.1 Å². The van der Waals surface area contributed by atoms with Crippen LogP contribution in [0.25, 0.3) is 0 Å². The Morgan fingerprint density at radius 1 is 1.30 bits per heavy atom. The molecule has 0 aliphatic heterocycles. The van der Waals surface area contributed by atoms with E-state index >= 15 is 0 Å². The summed E-state index contributed by atoms with van der Waals surface area (Å²) in [6.07, 6.45) is 4.56. The molecule has 0 spiro atoms. The molecular formula is C15H17Cl2NO2. The lowest BCUT2D eigenvalue weighted by Crippen LogP contribution is -2.40. The molecule has 0 saturated carbocycles. The SMILES string of the molecule is C[C@@H](NC(=O)C1CC=CC1)[C@@H](O)c1c(Cl)cccc1Cl. The van der Waals surface area contributed by atoms with Crippen molar-refractivity contribution in [2.24, 2.45) is 5.92 Å². The van der Waals surface area contributed by atoms with Crippen molar-refractivity contribution in [3.05, 3.63) is 46.0 Å². The Morgan fingerprint density at radius 3 is 2.40 bits per heavy atom. The Morgan fingerprint density at radius 2 is 1.85 bits per heavy atom. The van der Waals surface area contributed by atoms with Gasteiger partial charge in [-0.25, -0.2) is 0 Å². The fourth-order valence-corrected chi connectivity index (χ4v) is 2.92. The second-order valence-electron chi connectivity index (χ2n) is 5.02. The van der Waals surface area contributed by atoms with Crippen LogP contribution in [0.1, 0.15) is 31.4 Å². The zero-order valence-electron chi connectivity index (χ0n) is 11.1. The summed E-state index contributed by atoms with van der Waals surface area (Å²) in [5.74, 6) is -0.0870. The van der Waals surface area contributed by atoms with Crippen molar-refractivity contribution >= 4 is 29.1 Å². The first-order valence-electron chi connectivity index (χ1n) is 6.58. The molecule has 0 fully saturated rings. The quantitative estimate of drug-likeness (QED) is 0.836. The summed E-state index contributed by atoms with van der Waals surface area (Å²) in [5.41, 5.74) is 0.452. The number of carbonyl (C=O) groups is 1. The number of benzene rings is 1. The van der Waals surface area contributed by atoms with Gasteiger partial charge >= 0.3 is 0 Å². The monoisotopic (exact) mass is 313 g/mol. The topological polar surface area (TPSA) is 49.3 Å². The predicted molar refractivity (Wildman–Crippen MR) is 80.9 cm³/mol. The van der Waals surface area contributed by atoms with E-state index in [1.54, 1.807) is 25.1 Å². The Hall–Kier alpha value is -1.03. The molecule has 2 rings (SSSR count). The third-order valence-corrected chi connectivity index (χ3v) is 4.18. The fraction of sp³-hybridized carbons (Fsp3) is 0.400. The number of nitrogens with one attached hydrogen (secondary N) is 1. The normalized spacial score (nSPS) is 18.0. The van der Waals surface area contributed by atoms with E-state index in [0.717, 1.165) is 12.8 Å². The third kappa shape index (κ3) is 3.35. The summed E-state index contributed by atoms with van der Waals surface area (Å²) in [6.45, 7) is 1.74. The molecular weight excluding hydrogens is 297 g/mol. The van der Waals surface area contributed by atoms with Crippen LogP contribution in [-0.4, -0.2) is 17.1 Å². The number of hydrogen-bond acceptors (Lipinski definition) is 2. The van der Waals surface area contributed by atoms with Crippen molar-refractivity contribution in [3.8, 4) is 0 Å². The Kier molecular flexibility index (Phi) is 5.08. The number of allylic oxidation sites excluding steroid dienone is 2. The Balaban J connectivity index is 2.05. The second-order valence-corrected chi connectivity index (χ2v) is 5.83. The summed E-state index contributed by atoms with van der Waals surface area (Å²) in [6, 6.07) is 4.59. The van der Waals surface area contributed by atoms with Gasteiger partial charge in [0, 0.05) is 21.5 Å². The van der Waals surface area contributed by atoms with Gasteiger partial charge in [0.2, 0.25) is 5.91 Å². The molecule has 3 nitrogen and oxygen atoms in total. The van der Waals surface area contributed by atoms with Crippen molar-refractivity contribution < 1.29 is 9.90 Å². The Bertz CT molecular complexity index is 502. The molecule has 1 aromatic carbocycles. The van der Waals surface area contributed by atoms with Crippen LogP contribution in [0.4, 0.5) is 0 Å². The summed E-state index contributed by atoms with van der Waals surface area (Å²) in [4.78, 5) is 12.0. The van der Waals surface area contributed by atoms with Crippen molar-refractivity contribution in [1.29, 1.82) is 0 Å². The average molecular weight is 314 g/mol. The number of carbonyl (C=O) groups excluding carboxylic acids is 1. The maximum Gasteiger partial charge on any atom is 0.224 e. The van der Waals surface area contributed by atoms with Gasteiger partial charge in [-0.1, -0.05) is 41.4 Å². The molecule has 5 heteroatoms. The lowest BCUT2D eigenvalue weighted by molar-refractivity contribution is -0.126. The van der Waals surface area contributed by atoms with Gasteiger partial charge in [-0.3, -0.25) is 4.79 Å². The van der Waals surface area contributed by atoms with Crippen molar-refractivity contribution in [2.45, 2.75) is 31.9 Å². The first-order chi connectivity index (χ1) is 9.50. The molecule has 20 heavy (non-hydrogen) atoms. The summed E-state index contributed by atoms with van der Waals surface area (Å²) in [7, 11) is 0. The molecule has 0 unspecified atom stereocenters. The molecule has 0 heterocycles. The third-order valence-electron chi connectivity index (χ3n) is 3.52. The van der Waals surface area contributed by atoms with E-state index in [1.807, 2.05) is 12.2 Å². The number of aliphatic hydroxyl groups excluding tert-OH is 1. The molecule has 108 valence electrons. The minimum Gasteiger partial charge on any atom is -0.386 e. The molecule has 1 amide bonds. The van der Waals surface area contributed by atoms with Crippen LogP contribution in [0, 0.1) is 5.92 Å². The first kappa shape index (κ1) is 15.4. The maximum absolute atomic E-state index is 12.0. The smallest absolute Gasteiger partial charge is 0.224 e. The Labute approximate surface area is 128 Å². The van der Waals surface area contributed by atoms with Crippen molar-refractivity contribution in [1.82, 2.24) is 5.32 Å².